The molecular weight excluding hydrogens is 611 g/mol. The first-order valence-corrected chi connectivity index (χ1v) is 13.9. The third-order valence-corrected chi connectivity index (χ3v) is 7.09. The number of rotatable bonds is 10. The number of ether oxygens (including phenoxy) is 2. The molecule has 2 N–H and O–H groups in total. The molecule has 0 bridgehead atoms. The molecule has 14 heteroatoms. The van der Waals surface area contributed by atoms with Crippen LogP contribution in [-0.4, -0.2) is 62.2 Å². The highest BCUT2D eigenvalue weighted by Gasteiger charge is 2.33. The molecule has 0 spiro atoms. The van der Waals surface area contributed by atoms with Crippen LogP contribution in [0.2, 0.25) is 0 Å². The standard InChI is InChI=1S/C31H30F7N3O4/c1-41(17-31(36,37)38)30(43)45-29-16-44-23(15-39-29)9-10-24-26(35)3-2-4-27(24)40-28(42)14-25(18-5-7-20(32)8-6-18)19-11-21(33)13-22(34)12-19/h2-8,11-13,23,25,29,39H,9-10,14-17H2,1H3,(H,40,42)/t23-,25+,29+/m1/s1. The Kier molecular flexibility index (Phi) is 11.0. The van der Waals surface area contributed by atoms with E-state index < -0.39 is 66.2 Å². The molecular formula is C31H30F7N3O4. The topological polar surface area (TPSA) is 79.9 Å². The Balaban J connectivity index is 1.37. The third-order valence-electron chi connectivity index (χ3n) is 7.09. The van der Waals surface area contributed by atoms with Crippen LogP contribution in [0.4, 0.5) is 41.2 Å². The molecule has 0 aromatic heterocycles. The fourth-order valence-electron chi connectivity index (χ4n) is 4.93. The Morgan fingerprint density at radius 1 is 1.00 bits per heavy atom. The third kappa shape index (κ3) is 9.91. The number of anilines is 1. The van der Waals surface area contributed by atoms with Gasteiger partial charge in [-0.3, -0.25) is 10.1 Å². The zero-order valence-electron chi connectivity index (χ0n) is 24.0. The highest BCUT2D eigenvalue weighted by atomic mass is 19.4. The summed E-state index contributed by atoms with van der Waals surface area (Å²) in [6.07, 6.45) is -7.11. The molecule has 242 valence electrons. The summed E-state index contributed by atoms with van der Waals surface area (Å²) in [5, 5.41) is 5.53. The van der Waals surface area contributed by atoms with Crippen LogP contribution in [0.3, 0.4) is 0 Å². The molecule has 1 saturated heterocycles. The number of halogens is 7. The van der Waals surface area contributed by atoms with E-state index in [1.54, 1.807) is 0 Å². The molecule has 3 aromatic rings. The lowest BCUT2D eigenvalue weighted by molar-refractivity contribution is -0.143. The van der Waals surface area contributed by atoms with Crippen molar-refractivity contribution < 1.29 is 49.8 Å². The molecule has 4 rings (SSSR count). The van der Waals surface area contributed by atoms with Crippen molar-refractivity contribution in [2.75, 3.05) is 32.1 Å². The second-order valence-corrected chi connectivity index (χ2v) is 10.6. The summed E-state index contributed by atoms with van der Waals surface area (Å²) in [5.74, 6) is -4.25. The minimum Gasteiger partial charge on any atom is -0.428 e. The van der Waals surface area contributed by atoms with Gasteiger partial charge in [0.15, 0.2) is 6.23 Å². The van der Waals surface area contributed by atoms with Crippen molar-refractivity contribution in [3.05, 3.63) is 101 Å². The highest BCUT2D eigenvalue weighted by molar-refractivity contribution is 5.92. The molecule has 1 aliphatic heterocycles. The molecule has 7 nitrogen and oxygen atoms in total. The van der Waals surface area contributed by atoms with Crippen molar-refractivity contribution in [3.63, 3.8) is 0 Å². The lowest BCUT2D eigenvalue weighted by Gasteiger charge is -2.31. The Morgan fingerprint density at radius 2 is 1.69 bits per heavy atom. The normalized spacial score (nSPS) is 17.4. The van der Waals surface area contributed by atoms with Crippen molar-refractivity contribution in [2.24, 2.45) is 0 Å². The van der Waals surface area contributed by atoms with E-state index in [0.717, 1.165) is 19.2 Å². The number of carbonyl (C=O) groups is 2. The average molecular weight is 642 g/mol. The minimum absolute atomic E-state index is 0.115. The smallest absolute Gasteiger partial charge is 0.411 e. The van der Waals surface area contributed by atoms with Crippen LogP contribution < -0.4 is 10.6 Å². The van der Waals surface area contributed by atoms with Crippen molar-refractivity contribution in [3.8, 4) is 0 Å². The molecule has 45 heavy (non-hydrogen) atoms. The molecule has 0 aliphatic carbocycles. The van der Waals surface area contributed by atoms with Gasteiger partial charge in [-0.1, -0.05) is 18.2 Å². The molecule has 3 atom stereocenters. The van der Waals surface area contributed by atoms with Crippen molar-refractivity contribution in [2.45, 2.75) is 43.7 Å². The summed E-state index contributed by atoms with van der Waals surface area (Å²) >= 11 is 0. The van der Waals surface area contributed by atoms with Gasteiger partial charge in [-0.25, -0.2) is 22.4 Å². The molecule has 1 fully saturated rings. The monoisotopic (exact) mass is 641 g/mol. The van der Waals surface area contributed by atoms with E-state index in [4.69, 9.17) is 9.47 Å². The van der Waals surface area contributed by atoms with Gasteiger partial charge < -0.3 is 19.7 Å². The molecule has 1 heterocycles. The number of nitrogens with one attached hydrogen (secondary N) is 2. The van der Waals surface area contributed by atoms with E-state index in [1.165, 1.54) is 42.5 Å². The first-order chi connectivity index (χ1) is 21.3. The van der Waals surface area contributed by atoms with Gasteiger partial charge in [-0.05, 0) is 60.4 Å². The Labute approximate surface area is 254 Å². The summed E-state index contributed by atoms with van der Waals surface area (Å²) in [4.78, 5) is 25.5. The van der Waals surface area contributed by atoms with E-state index in [2.05, 4.69) is 10.6 Å². The molecule has 1 aliphatic rings. The van der Waals surface area contributed by atoms with Gasteiger partial charge in [0.25, 0.3) is 0 Å². The molecule has 2 amide bonds. The number of amides is 2. The highest BCUT2D eigenvalue weighted by Crippen LogP contribution is 2.31. The van der Waals surface area contributed by atoms with Gasteiger partial charge in [0.1, 0.15) is 29.8 Å². The second kappa shape index (κ2) is 14.7. The molecule has 0 saturated carbocycles. The van der Waals surface area contributed by atoms with E-state index in [9.17, 15) is 40.3 Å². The quantitative estimate of drug-likeness (QED) is 0.255. The van der Waals surface area contributed by atoms with Gasteiger partial charge in [0, 0.05) is 43.2 Å². The summed E-state index contributed by atoms with van der Waals surface area (Å²) < 4.78 is 105. The van der Waals surface area contributed by atoms with Gasteiger partial charge in [0.05, 0.1) is 12.7 Å². The average Bonchev–Trinajstić information content (AvgIpc) is 2.95. The lowest BCUT2D eigenvalue weighted by Crippen LogP contribution is -2.50. The summed E-state index contributed by atoms with van der Waals surface area (Å²) in [6.45, 7) is -1.47. The number of hydrogen-bond acceptors (Lipinski definition) is 5. The van der Waals surface area contributed by atoms with Crippen LogP contribution in [0, 0.1) is 23.3 Å². The Hall–Kier alpha value is -4.17. The number of carbonyl (C=O) groups excluding carboxylic acids is 2. The zero-order chi connectivity index (χ0) is 32.7. The summed E-state index contributed by atoms with van der Waals surface area (Å²) in [6, 6.07) is 12.1. The van der Waals surface area contributed by atoms with Crippen LogP contribution in [0.1, 0.15) is 35.4 Å². The minimum atomic E-state index is -4.58. The van der Waals surface area contributed by atoms with Gasteiger partial charge in [-0.15, -0.1) is 0 Å². The SMILES string of the molecule is CN(CC(F)(F)F)C(=O)O[C@H]1CO[C@H](CCc2c(F)cccc2NC(=O)C[C@@H](c2ccc(F)cc2)c2cc(F)cc(F)c2)CN1. The predicted octanol–water partition coefficient (Wildman–Crippen LogP) is 6.28. The fraction of sp³-hybridized carbons (Fsp3) is 0.355. The fourth-order valence-corrected chi connectivity index (χ4v) is 4.93. The summed E-state index contributed by atoms with van der Waals surface area (Å²) in [5.41, 5.74) is 0.944. The summed E-state index contributed by atoms with van der Waals surface area (Å²) in [7, 11) is 0.956. The number of hydrogen-bond donors (Lipinski definition) is 2. The van der Waals surface area contributed by atoms with E-state index in [0.29, 0.717) is 16.5 Å². The van der Waals surface area contributed by atoms with Crippen molar-refractivity contribution in [1.29, 1.82) is 0 Å². The molecule has 0 radical (unpaired) electrons. The van der Waals surface area contributed by atoms with E-state index in [-0.39, 0.29) is 49.2 Å². The van der Waals surface area contributed by atoms with E-state index >= 15 is 0 Å². The molecule has 3 aromatic carbocycles. The molecule has 0 unspecified atom stereocenters. The first-order valence-electron chi connectivity index (χ1n) is 13.9. The predicted molar refractivity (Wildman–Crippen MR) is 149 cm³/mol. The first kappa shape index (κ1) is 33.7. The van der Waals surface area contributed by atoms with Gasteiger partial charge in [-0.2, -0.15) is 13.2 Å². The van der Waals surface area contributed by atoms with Crippen LogP contribution >= 0.6 is 0 Å². The van der Waals surface area contributed by atoms with Crippen molar-refractivity contribution >= 4 is 17.7 Å². The Morgan fingerprint density at radius 3 is 2.31 bits per heavy atom. The maximum Gasteiger partial charge on any atom is 0.411 e. The maximum absolute atomic E-state index is 14.9. The lowest BCUT2D eigenvalue weighted by atomic mass is 9.88. The number of nitrogens with zero attached hydrogens (tertiary/aromatic N) is 1. The second-order valence-electron chi connectivity index (χ2n) is 10.6. The van der Waals surface area contributed by atoms with Gasteiger partial charge in [0.2, 0.25) is 5.91 Å². The zero-order valence-corrected chi connectivity index (χ0v) is 24.0. The van der Waals surface area contributed by atoms with Crippen LogP contribution in [0.15, 0.2) is 60.7 Å². The number of benzene rings is 3. The maximum atomic E-state index is 14.9. The number of morpholine rings is 1. The van der Waals surface area contributed by atoms with Crippen LogP contribution in [0.25, 0.3) is 0 Å². The number of alkyl halides is 3. The van der Waals surface area contributed by atoms with Crippen LogP contribution in [0.5, 0.6) is 0 Å². The Bertz CT molecular complexity index is 1460. The van der Waals surface area contributed by atoms with E-state index in [1.807, 2.05) is 0 Å². The van der Waals surface area contributed by atoms with Crippen LogP contribution in [-0.2, 0) is 20.7 Å². The van der Waals surface area contributed by atoms with Crippen molar-refractivity contribution in [1.82, 2.24) is 10.2 Å². The largest absolute Gasteiger partial charge is 0.428 e. The van der Waals surface area contributed by atoms with Gasteiger partial charge >= 0.3 is 12.3 Å².